The molecular weight excluding hydrogens is 284 g/mol. The fraction of sp³-hybridized carbons (Fsp3) is 0.375. The molecule has 2 bridgehead atoms. The quantitative estimate of drug-likeness (QED) is 0.810. The molecule has 2 atom stereocenters. The van der Waals surface area contributed by atoms with E-state index >= 15 is 0 Å². The van der Waals surface area contributed by atoms with Crippen molar-refractivity contribution in [3.63, 3.8) is 0 Å². The standard InChI is InChI=1S/C16H16N2O2S/c19-15-5-1-3-13-12-7-11(9-18(13)15)8-17(10-12)16(20)14-4-2-6-21-14/h1-6,11-12H,7-10H2/t11-,12+/m0/s1. The van der Waals surface area contributed by atoms with Crippen LogP contribution in [-0.4, -0.2) is 28.5 Å². The molecule has 0 unspecified atom stereocenters. The molecule has 0 aromatic carbocycles. The van der Waals surface area contributed by atoms with Crippen LogP contribution < -0.4 is 5.56 Å². The maximum absolute atomic E-state index is 12.5. The van der Waals surface area contributed by atoms with Gasteiger partial charge in [-0.05, 0) is 29.9 Å². The van der Waals surface area contributed by atoms with Gasteiger partial charge >= 0.3 is 0 Å². The number of amides is 1. The molecule has 0 radical (unpaired) electrons. The number of nitrogens with zero attached hydrogens (tertiary/aromatic N) is 2. The van der Waals surface area contributed by atoms with E-state index in [9.17, 15) is 9.59 Å². The summed E-state index contributed by atoms with van der Waals surface area (Å²) in [5.41, 5.74) is 1.17. The Bertz CT molecular complexity index is 735. The van der Waals surface area contributed by atoms with Crippen molar-refractivity contribution in [2.24, 2.45) is 5.92 Å². The van der Waals surface area contributed by atoms with Crippen molar-refractivity contribution in [1.29, 1.82) is 0 Å². The molecule has 1 amide bonds. The van der Waals surface area contributed by atoms with Crippen LogP contribution in [0, 0.1) is 5.92 Å². The van der Waals surface area contributed by atoms with Gasteiger partial charge in [-0.3, -0.25) is 9.59 Å². The lowest BCUT2D eigenvalue weighted by Gasteiger charge is -2.42. The largest absolute Gasteiger partial charge is 0.337 e. The molecule has 0 aliphatic carbocycles. The summed E-state index contributed by atoms with van der Waals surface area (Å²) in [6, 6.07) is 9.28. The molecule has 2 aliphatic rings. The van der Waals surface area contributed by atoms with Crippen molar-refractivity contribution in [2.45, 2.75) is 18.9 Å². The summed E-state index contributed by atoms with van der Waals surface area (Å²) in [4.78, 5) is 27.3. The fourth-order valence-electron chi connectivity index (χ4n) is 3.62. The second-order valence-corrected chi connectivity index (χ2v) is 6.83. The second kappa shape index (κ2) is 4.84. The van der Waals surface area contributed by atoms with Gasteiger partial charge in [0.2, 0.25) is 0 Å². The third kappa shape index (κ3) is 2.12. The number of carbonyl (C=O) groups excluding carboxylic acids is 1. The summed E-state index contributed by atoms with van der Waals surface area (Å²) in [6.07, 6.45) is 1.08. The molecule has 1 saturated heterocycles. The van der Waals surface area contributed by atoms with Gasteiger partial charge in [0.1, 0.15) is 0 Å². The van der Waals surface area contributed by atoms with Crippen LogP contribution in [-0.2, 0) is 6.54 Å². The van der Waals surface area contributed by atoms with Crippen LogP contribution in [0.4, 0.5) is 0 Å². The maximum atomic E-state index is 12.5. The SMILES string of the molecule is O=C(c1cccs1)N1C[C@@H]2C[C@H](C1)c1cccc(=O)n1C2. The first-order valence-corrected chi connectivity index (χ1v) is 8.13. The highest BCUT2D eigenvalue weighted by Gasteiger charge is 2.36. The van der Waals surface area contributed by atoms with Crippen molar-refractivity contribution in [3.8, 4) is 0 Å². The van der Waals surface area contributed by atoms with E-state index < -0.39 is 0 Å². The van der Waals surface area contributed by atoms with Crippen molar-refractivity contribution >= 4 is 17.2 Å². The van der Waals surface area contributed by atoms with Crippen LogP contribution in [0.25, 0.3) is 0 Å². The first-order chi connectivity index (χ1) is 10.2. The molecule has 0 N–H and O–H groups in total. The molecule has 0 spiro atoms. The van der Waals surface area contributed by atoms with Gasteiger partial charge in [-0.25, -0.2) is 0 Å². The number of pyridine rings is 1. The Balaban J connectivity index is 1.65. The Morgan fingerprint density at radius 2 is 2.05 bits per heavy atom. The zero-order chi connectivity index (χ0) is 14.4. The zero-order valence-electron chi connectivity index (χ0n) is 11.6. The molecule has 4 heterocycles. The Hall–Kier alpha value is -1.88. The van der Waals surface area contributed by atoms with Gasteiger partial charge in [-0.1, -0.05) is 12.1 Å². The van der Waals surface area contributed by atoms with Crippen molar-refractivity contribution in [3.05, 3.63) is 56.6 Å². The van der Waals surface area contributed by atoms with Crippen LogP contribution in [0.1, 0.15) is 27.7 Å². The van der Waals surface area contributed by atoms with E-state index in [4.69, 9.17) is 0 Å². The Kier molecular flexibility index (Phi) is 2.96. The van der Waals surface area contributed by atoms with Crippen molar-refractivity contribution in [1.82, 2.24) is 9.47 Å². The highest BCUT2D eigenvalue weighted by atomic mass is 32.1. The van der Waals surface area contributed by atoms with Crippen LogP contribution in [0.3, 0.4) is 0 Å². The molecule has 5 heteroatoms. The van der Waals surface area contributed by atoms with Gasteiger partial charge < -0.3 is 9.47 Å². The number of carbonyl (C=O) groups is 1. The van der Waals surface area contributed by atoms with E-state index in [1.807, 2.05) is 39.1 Å². The molecule has 4 nitrogen and oxygen atoms in total. The van der Waals surface area contributed by atoms with Gasteiger partial charge in [0.15, 0.2) is 0 Å². The Labute approximate surface area is 126 Å². The van der Waals surface area contributed by atoms with Gasteiger partial charge in [-0.15, -0.1) is 11.3 Å². The van der Waals surface area contributed by atoms with E-state index in [1.165, 1.54) is 11.3 Å². The molecule has 2 aromatic heterocycles. The fourth-order valence-corrected chi connectivity index (χ4v) is 4.31. The van der Waals surface area contributed by atoms with Gasteiger partial charge in [0, 0.05) is 37.3 Å². The van der Waals surface area contributed by atoms with Crippen LogP contribution in [0.5, 0.6) is 0 Å². The van der Waals surface area contributed by atoms with Crippen molar-refractivity contribution < 1.29 is 4.79 Å². The molecule has 0 saturated carbocycles. The van der Waals surface area contributed by atoms with Gasteiger partial charge in [0.25, 0.3) is 11.5 Å². The number of hydrogen-bond donors (Lipinski definition) is 0. The number of piperidine rings is 1. The van der Waals surface area contributed by atoms with E-state index in [0.717, 1.165) is 36.6 Å². The molecule has 1 fully saturated rings. The molecule has 21 heavy (non-hydrogen) atoms. The smallest absolute Gasteiger partial charge is 0.263 e. The average molecular weight is 300 g/mol. The average Bonchev–Trinajstić information content (AvgIpc) is 3.02. The minimum Gasteiger partial charge on any atom is -0.337 e. The van der Waals surface area contributed by atoms with Gasteiger partial charge in [-0.2, -0.15) is 0 Å². The minimum absolute atomic E-state index is 0.0835. The summed E-state index contributed by atoms with van der Waals surface area (Å²) >= 11 is 1.49. The van der Waals surface area contributed by atoms with E-state index in [2.05, 4.69) is 0 Å². The number of thiophene rings is 1. The summed E-state index contributed by atoms with van der Waals surface area (Å²) in [6.45, 7) is 2.21. The lowest BCUT2D eigenvalue weighted by molar-refractivity contribution is 0.0599. The minimum atomic E-state index is 0.0835. The predicted molar refractivity (Wildman–Crippen MR) is 81.8 cm³/mol. The van der Waals surface area contributed by atoms with E-state index in [0.29, 0.717) is 5.92 Å². The van der Waals surface area contributed by atoms with Crippen molar-refractivity contribution in [2.75, 3.05) is 13.1 Å². The molecule has 4 rings (SSSR count). The first-order valence-electron chi connectivity index (χ1n) is 7.25. The van der Waals surface area contributed by atoms with E-state index in [-0.39, 0.29) is 17.4 Å². The number of aromatic nitrogens is 1. The second-order valence-electron chi connectivity index (χ2n) is 5.89. The highest BCUT2D eigenvalue weighted by Crippen LogP contribution is 2.35. The highest BCUT2D eigenvalue weighted by molar-refractivity contribution is 7.12. The number of hydrogen-bond acceptors (Lipinski definition) is 3. The monoisotopic (exact) mass is 300 g/mol. The normalized spacial score (nSPS) is 23.7. The maximum Gasteiger partial charge on any atom is 0.263 e. The first kappa shape index (κ1) is 12.8. The summed E-state index contributed by atoms with van der Waals surface area (Å²) < 4.78 is 1.89. The predicted octanol–water partition coefficient (Wildman–Crippen LogP) is 2.17. The van der Waals surface area contributed by atoms with Crippen LogP contribution in [0.15, 0.2) is 40.5 Å². The van der Waals surface area contributed by atoms with Crippen LogP contribution in [0.2, 0.25) is 0 Å². The molecule has 2 aromatic rings. The van der Waals surface area contributed by atoms with Gasteiger partial charge in [0.05, 0.1) is 4.88 Å². The zero-order valence-corrected chi connectivity index (χ0v) is 12.4. The lowest BCUT2D eigenvalue weighted by atomic mass is 9.83. The molecular formula is C16H16N2O2S. The Morgan fingerprint density at radius 3 is 2.86 bits per heavy atom. The third-order valence-electron chi connectivity index (χ3n) is 4.50. The number of fused-ring (bicyclic) bond motifs is 4. The number of rotatable bonds is 1. The third-order valence-corrected chi connectivity index (χ3v) is 5.36. The number of likely N-dealkylation sites (tertiary alicyclic amines) is 1. The topological polar surface area (TPSA) is 42.3 Å². The lowest BCUT2D eigenvalue weighted by Crippen LogP contribution is -2.48. The Morgan fingerprint density at radius 1 is 1.14 bits per heavy atom. The summed E-state index contributed by atoms with van der Waals surface area (Å²) in [5.74, 6) is 0.807. The molecule has 108 valence electrons. The van der Waals surface area contributed by atoms with E-state index in [1.54, 1.807) is 6.07 Å². The molecule has 2 aliphatic heterocycles. The van der Waals surface area contributed by atoms with Crippen LogP contribution >= 0.6 is 11.3 Å². The summed E-state index contributed by atoms with van der Waals surface area (Å²) in [7, 11) is 0. The summed E-state index contributed by atoms with van der Waals surface area (Å²) in [5, 5.41) is 1.94.